The van der Waals surface area contributed by atoms with Gasteiger partial charge in [-0.3, -0.25) is 9.62 Å². The standard InChI is InChI=1S/C26H34ClFN6O2S/c1-4-9-32-10-12-33(13-11-32)21-16-19(6-3)15-20(17-21)23(29)18-34(30)26-22(28)7-8-24(25(26)27)31-37(35,36)14-5-2/h1,7-8,15-17,29,31H,5-6,9-14,18,30H2,2-3H3. The van der Waals surface area contributed by atoms with Crippen molar-refractivity contribution >= 4 is 44.4 Å². The molecule has 8 nitrogen and oxygen atoms in total. The molecule has 0 aliphatic carbocycles. The van der Waals surface area contributed by atoms with Crippen LogP contribution in [-0.2, 0) is 16.4 Å². The van der Waals surface area contributed by atoms with E-state index in [0.29, 0.717) is 18.5 Å². The zero-order chi connectivity index (χ0) is 27.2. The van der Waals surface area contributed by atoms with Gasteiger partial charge in [-0.2, -0.15) is 0 Å². The summed E-state index contributed by atoms with van der Waals surface area (Å²) < 4.78 is 41.5. The molecule has 200 valence electrons. The first-order valence-electron chi connectivity index (χ1n) is 12.2. The number of halogens is 2. The van der Waals surface area contributed by atoms with Crippen LogP contribution in [0.15, 0.2) is 30.3 Å². The van der Waals surface area contributed by atoms with E-state index in [1.807, 2.05) is 19.1 Å². The molecule has 0 bridgehead atoms. The molecule has 0 aromatic heterocycles. The Kier molecular flexibility index (Phi) is 9.79. The van der Waals surface area contributed by atoms with E-state index < -0.39 is 15.8 Å². The molecule has 0 amide bonds. The Bertz CT molecular complexity index is 1270. The summed E-state index contributed by atoms with van der Waals surface area (Å²) in [5.41, 5.74) is 2.79. The largest absolute Gasteiger partial charge is 0.369 e. The van der Waals surface area contributed by atoms with Crippen LogP contribution < -0.4 is 20.5 Å². The highest BCUT2D eigenvalue weighted by atomic mass is 35.5. The Morgan fingerprint density at radius 3 is 2.57 bits per heavy atom. The predicted molar refractivity (Wildman–Crippen MR) is 151 cm³/mol. The number of nitrogens with two attached hydrogens (primary N) is 1. The fourth-order valence-electron chi connectivity index (χ4n) is 4.24. The third kappa shape index (κ3) is 7.36. The number of hydrazine groups is 1. The molecule has 2 aromatic carbocycles. The van der Waals surface area contributed by atoms with E-state index in [0.717, 1.165) is 54.9 Å². The van der Waals surface area contributed by atoms with Gasteiger partial charge in [-0.15, -0.1) is 6.42 Å². The van der Waals surface area contributed by atoms with Gasteiger partial charge >= 0.3 is 0 Å². The Balaban J connectivity index is 1.81. The minimum atomic E-state index is -3.63. The summed E-state index contributed by atoms with van der Waals surface area (Å²) in [7, 11) is -3.63. The van der Waals surface area contributed by atoms with E-state index in [9.17, 15) is 12.8 Å². The number of sulfonamides is 1. The first-order valence-corrected chi connectivity index (χ1v) is 14.2. The summed E-state index contributed by atoms with van der Waals surface area (Å²) >= 11 is 6.37. The third-order valence-electron chi connectivity index (χ3n) is 6.21. The number of nitrogens with zero attached hydrogens (tertiary/aromatic N) is 3. The maximum Gasteiger partial charge on any atom is 0.232 e. The van der Waals surface area contributed by atoms with Crippen molar-refractivity contribution in [2.45, 2.75) is 26.7 Å². The van der Waals surface area contributed by atoms with Crippen LogP contribution in [-0.4, -0.2) is 64.1 Å². The molecule has 3 rings (SSSR count). The van der Waals surface area contributed by atoms with Gasteiger partial charge in [0.05, 0.1) is 35.3 Å². The second kappa shape index (κ2) is 12.6. The lowest BCUT2D eigenvalue weighted by Crippen LogP contribution is -2.46. The lowest BCUT2D eigenvalue weighted by atomic mass is 10.0. The molecule has 11 heteroatoms. The Morgan fingerprint density at radius 1 is 1.24 bits per heavy atom. The van der Waals surface area contributed by atoms with Gasteiger partial charge in [-0.25, -0.2) is 18.7 Å². The van der Waals surface area contributed by atoms with E-state index in [1.165, 1.54) is 6.07 Å². The smallest absolute Gasteiger partial charge is 0.232 e. The monoisotopic (exact) mass is 548 g/mol. The molecule has 4 N–H and O–H groups in total. The third-order valence-corrected chi connectivity index (χ3v) is 8.07. The molecule has 0 atom stereocenters. The molecule has 1 heterocycles. The van der Waals surface area contributed by atoms with Gasteiger partial charge in [-0.1, -0.05) is 31.4 Å². The zero-order valence-corrected chi connectivity index (χ0v) is 22.8. The summed E-state index contributed by atoms with van der Waals surface area (Å²) in [6.07, 6.45) is 6.65. The van der Waals surface area contributed by atoms with Crippen molar-refractivity contribution in [3.05, 3.63) is 52.3 Å². The molecular weight excluding hydrogens is 515 g/mol. The first-order chi connectivity index (χ1) is 17.6. The van der Waals surface area contributed by atoms with Gasteiger partial charge < -0.3 is 15.3 Å². The fourth-order valence-corrected chi connectivity index (χ4v) is 5.75. The van der Waals surface area contributed by atoms with Crippen LogP contribution >= 0.6 is 11.6 Å². The predicted octanol–water partition coefficient (Wildman–Crippen LogP) is 3.70. The molecule has 2 aromatic rings. The molecule has 0 unspecified atom stereocenters. The number of rotatable bonds is 11. The molecule has 1 aliphatic heterocycles. The van der Waals surface area contributed by atoms with Gasteiger partial charge in [0, 0.05) is 31.9 Å². The van der Waals surface area contributed by atoms with Gasteiger partial charge in [0.25, 0.3) is 0 Å². The first kappa shape index (κ1) is 28.7. The summed E-state index contributed by atoms with van der Waals surface area (Å²) in [6.45, 7) is 7.66. The van der Waals surface area contributed by atoms with Gasteiger partial charge in [0.1, 0.15) is 11.5 Å². The number of anilines is 3. The maximum absolute atomic E-state index is 14.8. The quantitative estimate of drug-likeness (QED) is 0.171. The second-order valence-electron chi connectivity index (χ2n) is 8.99. The van der Waals surface area contributed by atoms with Crippen LogP contribution in [0.2, 0.25) is 5.02 Å². The van der Waals surface area contributed by atoms with Crippen molar-refractivity contribution in [2.75, 3.05) is 59.7 Å². The summed E-state index contributed by atoms with van der Waals surface area (Å²) in [5.74, 6) is 8.06. The van der Waals surface area contributed by atoms with Crippen LogP contribution in [0.5, 0.6) is 0 Å². The number of nitrogens with one attached hydrogen (secondary N) is 2. The molecule has 1 aliphatic rings. The van der Waals surface area contributed by atoms with Crippen LogP contribution in [0.25, 0.3) is 0 Å². The summed E-state index contributed by atoms with van der Waals surface area (Å²) in [6, 6.07) is 8.36. The van der Waals surface area contributed by atoms with Crippen molar-refractivity contribution in [1.82, 2.24) is 4.90 Å². The number of piperazine rings is 1. The van der Waals surface area contributed by atoms with Crippen molar-refractivity contribution < 1.29 is 12.8 Å². The minimum absolute atomic E-state index is 0.0349. The van der Waals surface area contributed by atoms with Crippen molar-refractivity contribution in [1.29, 1.82) is 5.41 Å². The molecule has 0 saturated carbocycles. The molecule has 1 fully saturated rings. The zero-order valence-electron chi connectivity index (χ0n) is 21.2. The Morgan fingerprint density at radius 2 is 1.95 bits per heavy atom. The van der Waals surface area contributed by atoms with Crippen LogP contribution in [0.3, 0.4) is 0 Å². The minimum Gasteiger partial charge on any atom is -0.369 e. The normalized spacial score (nSPS) is 14.3. The molecule has 0 radical (unpaired) electrons. The molecule has 1 saturated heterocycles. The SMILES string of the molecule is C#CCN1CCN(c2cc(CC)cc(C(=N)CN(N)c3c(F)ccc(NS(=O)(=O)CCC)c3Cl)c2)CC1. The van der Waals surface area contributed by atoms with Crippen molar-refractivity contribution in [3.63, 3.8) is 0 Å². The number of terminal acetylenes is 1. The average molecular weight is 549 g/mol. The van der Waals surface area contributed by atoms with E-state index in [1.54, 1.807) is 6.92 Å². The lowest BCUT2D eigenvalue weighted by Gasteiger charge is -2.35. The molecular formula is C26H34ClFN6O2S. The number of hydrogen-bond donors (Lipinski definition) is 3. The number of benzene rings is 2. The number of hydrogen-bond acceptors (Lipinski definition) is 7. The highest BCUT2D eigenvalue weighted by Gasteiger charge is 2.22. The van der Waals surface area contributed by atoms with Gasteiger partial charge in [0.2, 0.25) is 10.0 Å². The average Bonchev–Trinajstić information content (AvgIpc) is 2.86. The van der Waals surface area contributed by atoms with E-state index in [4.69, 9.17) is 29.3 Å². The summed E-state index contributed by atoms with van der Waals surface area (Å²) in [5, 5.41) is 9.60. The topological polar surface area (TPSA) is 106 Å². The Labute approximate surface area is 224 Å². The highest BCUT2D eigenvalue weighted by Crippen LogP contribution is 2.35. The lowest BCUT2D eigenvalue weighted by molar-refractivity contribution is 0.288. The maximum atomic E-state index is 14.8. The van der Waals surface area contributed by atoms with Crippen LogP contribution in [0.1, 0.15) is 31.4 Å². The van der Waals surface area contributed by atoms with Crippen molar-refractivity contribution in [2.24, 2.45) is 5.84 Å². The van der Waals surface area contributed by atoms with Gasteiger partial charge in [-0.05, 0) is 54.3 Å². The summed E-state index contributed by atoms with van der Waals surface area (Å²) in [4.78, 5) is 4.50. The van der Waals surface area contributed by atoms with Crippen molar-refractivity contribution in [3.8, 4) is 12.3 Å². The Hall–Kier alpha value is -2.84. The van der Waals surface area contributed by atoms with E-state index >= 15 is 0 Å². The van der Waals surface area contributed by atoms with Gasteiger partial charge in [0.15, 0.2) is 0 Å². The second-order valence-corrected chi connectivity index (χ2v) is 11.2. The molecule has 37 heavy (non-hydrogen) atoms. The van der Waals surface area contributed by atoms with E-state index in [2.05, 4.69) is 26.5 Å². The number of aryl methyl sites for hydroxylation is 1. The van der Waals surface area contributed by atoms with Crippen LogP contribution in [0, 0.1) is 23.6 Å². The highest BCUT2D eigenvalue weighted by molar-refractivity contribution is 7.92. The molecule has 0 spiro atoms. The fraction of sp³-hybridized carbons (Fsp3) is 0.423. The van der Waals surface area contributed by atoms with E-state index in [-0.39, 0.29) is 34.4 Å². The van der Waals surface area contributed by atoms with Crippen LogP contribution in [0.4, 0.5) is 21.5 Å².